The van der Waals surface area contributed by atoms with E-state index in [2.05, 4.69) is 39.0 Å². The number of carboxylic acid groups (broad SMARTS) is 1. The first kappa shape index (κ1) is 16.0. The molecular formula is C20H24O3. The Labute approximate surface area is 137 Å². The molecule has 0 saturated carbocycles. The lowest BCUT2D eigenvalue weighted by atomic mass is 9.56. The van der Waals surface area contributed by atoms with Crippen LogP contribution >= 0.6 is 0 Å². The van der Waals surface area contributed by atoms with Gasteiger partial charge in [0, 0.05) is 23.0 Å². The zero-order chi connectivity index (χ0) is 16.9. The topological polar surface area (TPSA) is 54.4 Å². The highest BCUT2D eigenvalue weighted by Crippen LogP contribution is 2.52. The molecule has 1 aromatic carbocycles. The minimum Gasteiger partial charge on any atom is -0.478 e. The van der Waals surface area contributed by atoms with Crippen LogP contribution in [0.15, 0.2) is 29.3 Å². The molecule has 0 radical (unpaired) electrons. The molecule has 2 aliphatic rings. The fraction of sp³-hybridized carbons (Fsp3) is 0.500. The van der Waals surface area contributed by atoms with Crippen LogP contribution in [0.25, 0.3) is 0 Å². The number of fused-ring (bicyclic) bond motifs is 3. The van der Waals surface area contributed by atoms with Gasteiger partial charge in [0.2, 0.25) is 0 Å². The Balaban J connectivity index is 2.15. The summed E-state index contributed by atoms with van der Waals surface area (Å²) in [5.74, 6) is -0.286. The number of rotatable bonds is 2. The predicted octanol–water partition coefficient (Wildman–Crippen LogP) is 4.47. The summed E-state index contributed by atoms with van der Waals surface area (Å²) in [6.45, 7) is 8.35. The van der Waals surface area contributed by atoms with Crippen molar-refractivity contribution in [1.29, 1.82) is 0 Å². The van der Waals surface area contributed by atoms with E-state index in [1.165, 1.54) is 5.56 Å². The molecule has 1 aromatic rings. The Kier molecular flexibility index (Phi) is 3.70. The van der Waals surface area contributed by atoms with Gasteiger partial charge in [-0.2, -0.15) is 0 Å². The Hall–Kier alpha value is -1.90. The summed E-state index contributed by atoms with van der Waals surface area (Å²) in [6.07, 6.45) is 1.79. The fourth-order valence-corrected chi connectivity index (χ4v) is 4.37. The molecule has 0 fully saturated rings. The SMILES string of the molecule is CC1=C(C(=O)O)CC[C@]2(C)c3ccc(C(C)C)cc3C(=O)C[C@@H]12. The van der Waals surface area contributed by atoms with E-state index in [9.17, 15) is 14.7 Å². The maximum absolute atomic E-state index is 12.7. The Bertz CT molecular complexity index is 726. The molecule has 0 bridgehead atoms. The molecule has 0 spiro atoms. The number of Topliss-reactive ketones (excluding diaryl/α,β-unsaturated/α-hetero) is 1. The highest BCUT2D eigenvalue weighted by molar-refractivity contribution is 6.00. The monoisotopic (exact) mass is 312 g/mol. The van der Waals surface area contributed by atoms with Gasteiger partial charge in [-0.3, -0.25) is 4.79 Å². The van der Waals surface area contributed by atoms with Gasteiger partial charge in [-0.25, -0.2) is 4.79 Å². The maximum Gasteiger partial charge on any atom is 0.331 e. The number of benzene rings is 1. The number of carboxylic acids is 1. The van der Waals surface area contributed by atoms with E-state index < -0.39 is 5.97 Å². The zero-order valence-corrected chi connectivity index (χ0v) is 14.3. The largest absolute Gasteiger partial charge is 0.478 e. The van der Waals surface area contributed by atoms with Gasteiger partial charge in [0.25, 0.3) is 0 Å². The van der Waals surface area contributed by atoms with E-state index in [-0.39, 0.29) is 17.1 Å². The second-order valence-electron chi connectivity index (χ2n) is 7.52. The van der Waals surface area contributed by atoms with Gasteiger partial charge in [-0.1, -0.05) is 38.5 Å². The van der Waals surface area contributed by atoms with E-state index in [0.717, 1.165) is 23.1 Å². The molecule has 0 aromatic heterocycles. The molecule has 0 saturated heterocycles. The maximum atomic E-state index is 12.7. The van der Waals surface area contributed by atoms with Crippen molar-refractivity contribution >= 4 is 11.8 Å². The van der Waals surface area contributed by atoms with Crippen LogP contribution in [-0.2, 0) is 10.2 Å². The highest BCUT2D eigenvalue weighted by Gasteiger charge is 2.47. The molecule has 0 heterocycles. The number of ketones is 1. The van der Waals surface area contributed by atoms with Gasteiger partial charge in [0.05, 0.1) is 0 Å². The van der Waals surface area contributed by atoms with Gasteiger partial charge in [0.15, 0.2) is 5.78 Å². The average molecular weight is 312 g/mol. The summed E-state index contributed by atoms with van der Waals surface area (Å²) in [4.78, 5) is 24.2. The average Bonchev–Trinajstić information content (AvgIpc) is 2.49. The molecule has 1 N–H and O–H groups in total. The fourth-order valence-electron chi connectivity index (χ4n) is 4.37. The van der Waals surface area contributed by atoms with Gasteiger partial charge >= 0.3 is 5.97 Å². The van der Waals surface area contributed by atoms with Crippen molar-refractivity contribution in [3.05, 3.63) is 46.0 Å². The van der Waals surface area contributed by atoms with Crippen LogP contribution in [0.4, 0.5) is 0 Å². The first-order chi connectivity index (χ1) is 10.8. The Morgan fingerprint density at radius 2 is 2.04 bits per heavy atom. The summed E-state index contributed by atoms with van der Waals surface area (Å²) in [5, 5.41) is 9.40. The first-order valence-corrected chi connectivity index (χ1v) is 8.36. The number of allylic oxidation sites excluding steroid dienone is 1. The number of hydrogen-bond acceptors (Lipinski definition) is 2. The smallest absolute Gasteiger partial charge is 0.331 e. The van der Waals surface area contributed by atoms with E-state index in [4.69, 9.17) is 0 Å². The lowest BCUT2D eigenvalue weighted by Crippen LogP contribution is -2.43. The summed E-state index contributed by atoms with van der Waals surface area (Å²) in [5.41, 5.74) is 4.39. The van der Waals surface area contributed by atoms with Crippen LogP contribution in [0.5, 0.6) is 0 Å². The van der Waals surface area contributed by atoms with Crippen molar-refractivity contribution in [2.75, 3.05) is 0 Å². The lowest BCUT2D eigenvalue weighted by Gasteiger charge is -2.46. The number of aliphatic carboxylic acids is 1. The molecule has 23 heavy (non-hydrogen) atoms. The van der Waals surface area contributed by atoms with Crippen LogP contribution < -0.4 is 0 Å². The molecule has 0 amide bonds. The molecule has 0 unspecified atom stereocenters. The van der Waals surface area contributed by atoms with Crippen LogP contribution in [0.2, 0.25) is 0 Å². The van der Waals surface area contributed by atoms with Crippen LogP contribution in [0, 0.1) is 5.92 Å². The van der Waals surface area contributed by atoms with Gasteiger partial charge in [0.1, 0.15) is 0 Å². The van der Waals surface area contributed by atoms with Gasteiger partial charge in [-0.05, 0) is 48.8 Å². The number of hydrogen-bond donors (Lipinski definition) is 1. The second kappa shape index (κ2) is 5.33. The molecule has 2 atom stereocenters. The van der Waals surface area contributed by atoms with Crippen LogP contribution in [0.1, 0.15) is 74.4 Å². The Morgan fingerprint density at radius 1 is 1.35 bits per heavy atom. The lowest BCUT2D eigenvalue weighted by molar-refractivity contribution is -0.133. The van der Waals surface area contributed by atoms with Gasteiger partial charge < -0.3 is 5.11 Å². The summed E-state index contributed by atoms with van der Waals surface area (Å²) < 4.78 is 0. The van der Waals surface area contributed by atoms with Crippen molar-refractivity contribution in [3.8, 4) is 0 Å². The van der Waals surface area contributed by atoms with Crippen molar-refractivity contribution < 1.29 is 14.7 Å². The molecule has 0 aliphatic heterocycles. The summed E-state index contributed by atoms with van der Waals surface area (Å²) >= 11 is 0. The minimum atomic E-state index is -0.835. The number of carbonyl (C=O) groups excluding carboxylic acids is 1. The Morgan fingerprint density at radius 3 is 2.65 bits per heavy atom. The second-order valence-corrected chi connectivity index (χ2v) is 7.52. The predicted molar refractivity (Wildman–Crippen MR) is 89.9 cm³/mol. The molecule has 122 valence electrons. The van der Waals surface area contributed by atoms with E-state index in [1.54, 1.807) is 0 Å². The minimum absolute atomic E-state index is 0.00671. The summed E-state index contributed by atoms with van der Waals surface area (Å²) in [6, 6.07) is 6.28. The third kappa shape index (κ3) is 2.34. The van der Waals surface area contributed by atoms with Crippen LogP contribution in [0.3, 0.4) is 0 Å². The quantitative estimate of drug-likeness (QED) is 0.877. The third-order valence-corrected chi connectivity index (χ3v) is 5.94. The van der Waals surface area contributed by atoms with Crippen molar-refractivity contribution in [2.24, 2.45) is 5.92 Å². The van der Waals surface area contributed by atoms with Crippen molar-refractivity contribution in [2.45, 2.75) is 58.3 Å². The number of carbonyl (C=O) groups is 2. The van der Waals surface area contributed by atoms with Crippen LogP contribution in [-0.4, -0.2) is 16.9 Å². The highest BCUT2D eigenvalue weighted by atomic mass is 16.4. The van der Waals surface area contributed by atoms with E-state index in [0.29, 0.717) is 24.3 Å². The molecule has 2 aliphatic carbocycles. The molecular weight excluding hydrogens is 288 g/mol. The van der Waals surface area contributed by atoms with E-state index in [1.807, 2.05) is 6.92 Å². The first-order valence-electron chi connectivity index (χ1n) is 8.36. The zero-order valence-electron chi connectivity index (χ0n) is 14.3. The normalized spacial score (nSPS) is 27.0. The summed E-state index contributed by atoms with van der Waals surface area (Å²) in [7, 11) is 0. The van der Waals surface area contributed by atoms with Crippen molar-refractivity contribution in [1.82, 2.24) is 0 Å². The van der Waals surface area contributed by atoms with Gasteiger partial charge in [-0.15, -0.1) is 0 Å². The third-order valence-electron chi connectivity index (χ3n) is 5.94. The standard InChI is InChI=1S/C20H24O3/c1-11(2)13-5-6-16-15(9-13)18(21)10-17-12(3)14(19(22)23)7-8-20(16,17)4/h5-6,9,11,17H,7-8,10H2,1-4H3,(H,22,23)/t17-,20+/m0/s1. The van der Waals surface area contributed by atoms with Crippen molar-refractivity contribution in [3.63, 3.8) is 0 Å². The molecule has 3 nitrogen and oxygen atoms in total. The molecule has 3 heteroatoms. The van der Waals surface area contributed by atoms with E-state index >= 15 is 0 Å². The molecule has 3 rings (SSSR count).